The molecule has 0 N–H and O–H groups in total. The van der Waals surface area contributed by atoms with Crippen LogP contribution in [0.3, 0.4) is 0 Å². The molecule has 3 nitrogen and oxygen atoms in total. The lowest BCUT2D eigenvalue weighted by molar-refractivity contribution is -0.152. The molecule has 0 spiro atoms. The van der Waals surface area contributed by atoms with Crippen LogP contribution in [0.25, 0.3) is 0 Å². The fourth-order valence-electron chi connectivity index (χ4n) is 1.27. The monoisotopic (exact) mass is 278 g/mol. The summed E-state index contributed by atoms with van der Waals surface area (Å²) in [6.07, 6.45) is -0.378. The van der Waals surface area contributed by atoms with Gasteiger partial charge in [-0.15, -0.1) is 0 Å². The highest BCUT2D eigenvalue weighted by Crippen LogP contribution is 2.27. The number of halogens is 2. The predicted molar refractivity (Wildman–Crippen MR) is 69.0 cm³/mol. The average Bonchev–Trinajstić information content (AvgIpc) is 2.28. The van der Waals surface area contributed by atoms with Crippen LogP contribution in [0.4, 0.5) is 0 Å². The maximum Gasteiger partial charge on any atom is 0.191 e. The van der Waals surface area contributed by atoms with E-state index < -0.39 is 0 Å². The highest BCUT2D eigenvalue weighted by molar-refractivity contribution is 6.35. The van der Waals surface area contributed by atoms with E-state index in [9.17, 15) is 0 Å². The SMILES string of the molecule is CCOC(COc1ccc(Cl)cc1Cl)OCC. The molecule has 0 fully saturated rings. The van der Waals surface area contributed by atoms with Crippen molar-refractivity contribution in [2.75, 3.05) is 19.8 Å². The maximum atomic E-state index is 5.98. The minimum absolute atomic E-state index is 0.295. The molecule has 0 radical (unpaired) electrons. The van der Waals surface area contributed by atoms with Gasteiger partial charge in [0.25, 0.3) is 0 Å². The van der Waals surface area contributed by atoms with Gasteiger partial charge in [0, 0.05) is 18.2 Å². The second kappa shape index (κ2) is 7.77. The van der Waals surface area contributed by atoms with Gasteiger partial charge in [0.2, 0.25) is 0 Å². The second-order valence-electron chi connectivity index (χ2n) is 3.23. The normalized spacial score (nSPS) is 10.9. The molecule has 1 rings (SSSR count). The van der Waals surface area contributed by atoms with E-state index in [1.54, 1.807) is 18.2 Å². The largest absolute Gasteiger partial charge is 0.487 e. The molecule has 0 aliphatic heterocycles. The molecule has 0 atom stereocenters. The molecule has 17 heavy (non-hydrogen) atoms. The summed E-state index contributed by atoms with van der Waals surface area (Å²) in [7, 11) is 0. The van der Waals surface area contributed by atoms with Gasteiger partial charge in [-0.1, -0.05) is 23.2 Å². The van der Waals surface area contributed by atoms with Gasteiger partial charge in [0.15, 0.2) is 6.29 Å². The van der Waals surface area contributed by atoms with Crippen molar-refractivity contribution in [3.05, 3.63) is 28.2 Å². The van der Waals surface area contributed by atoms with Gasteiger partial charge in [-0.2, -0.15) is 0 Å². The van der Waals surface area contributed by atoms with E-state index in [1.165, 1.54) is 0 Å². The first-order valence-electron chi connectivity index (χ1n) is 5.48. The van der Waals surface area contributed by atoms with Crippen LogP contribution in [0.2, 0.25) is 10.0 Å². The number of hydrogen-bond donors (Lipinski definition) is 0. The van der Waals surface area contributed by atoms with Crippen molar-refractivity contribution in [3.63, 3.8) is 0 Å². The van der Waals surface area contributed by atoms with E-state index in [4.69, 9.17) is 37.4 Å². The van der Waals surface area contributed by atoms with E-state index in [0.29, 0.717) is 35.6 Å². The van der Waals surface area contributed by atoms with Crippen LogP contribution in [0.15, 0.2) is 18.2 Å². The minimum Gasteiger partial charge on any atom is -0.487 e. The molecular formula is C12H16Cl2O3. The van der Waals surface area contributed by atoms with Crippen LogP contribution in [0.1, 0.15) is 13.8 Å². The fourth-order valence-corrected chi connectivity index (χ4v) is 1.73. The molecule has 96 valence electrons. The van der Waals surface area contributed by atoms with Gasteiger partial charge in [0.1, 0.15) is 12.4 Å². The Balaban J connectivity index is 2.52. The van der Waals surface area contributed by atoms with Crippen LogP contribution in [-0.4, -0.2) is 26.1 Å². The van der Waals surface area contributed by atoms with Crippen LogP contribution in [0, 0.1) is 0 Å². The third-order valence-electron chi connectivity index (χ3n) is 1.97. The molecule has 1 aromatic rings. The Morgan fingerprint density at radius 1 is 1.12 bits per heavy atom. The summed E-state index contributed by atoms with van der Waals surface area (Å²) >= 11 is 11.8. The fraction of sp³-hybridized carbons (Fsp3) is 0.500. The molecule has 0 heterocycles. The van der Waals surface area contributed by atoms with Crippen LogP contribution in [0.5, 0.6) is 5.75 Å². The van der Waals surface area contributed by atoms with E-state index in [0.717, 1.165) is 0 Å². The summed E-state index contributed by atoms with van der Waals surface area (Å²) in [5.74, 6) is 0.570. The lowest BCUT2D eigenvalue weighted by Crippen LogP contribution is -2.25. The van der Waals surface area contributed by atoms with Gasteiger partial charge in [-0.3, -0.25) is 0 Å². The highest BCUT2D eigenvalue weighted by atomic mass is 35.5. The molecular weight excluding hydrogens is 263 g/mol. The Bertz CT molecular complexity index is 339. The van der Waals surface area contributed by atoms with E-state index in [2.05, 4.69) is 0 Å². The molecule has 0 amide bonds. The molecule has 0 saturated carbocycles. The highest BCUT2D eigenvalue weighted by Gasteiger charge is 2.10. The van der Waals surface area contributed by atoms with Crippen molar-refractivity contribution in [3.8, 4) is 5.75 Å². The van der Waals surface area contributed by atoms with E-state index in [-0.39, 0.29) is 6.29 Å². The van der Waals surface area contributed by atoms with Crippen LogP contribution < -0.4 is 4.74 Å². The molecule has 0 saturated heterocycles. The number of rotatable bonds is 7. The first kappa shape index (κ1) is 14.6. The zero-order chi connectivity index (χ0) is 12.7. The van der Waals surface area contributed by atoms with Crippen molar-refractivity contribution in [2.45, 2.75) is 20.1 Å². The van der Waals surface area contributed by atoms with Gasteiger partial charge < -0.3 is 14.2 Å². The molecule has 0 aromatic heterocycles. The smallest absolute Gasteiger partial charge is 0.191 e. The summed E-state index contributed by atoms with van der Waals surface area (Å²) in [6, 6.07) is 5.08. The van der Waals surface area contributed by atoms with Crippen molar-refractivity contribution >= 4 is 23.2 Å². The average molecular weight is 279 g/mol. The quantitative estimate of drug-likeness (QED) is 0.711. The third-order valence-corrected chi connectivity index (χ3v) is 2.50. The van der Waals surface area contributed by atoms with Crippen molar-refractivity contribution < 1.29 is 14.2 Å². The molecule has 0 bridgehead atoms. The maximum absolute atomic E-state index is 5.98. The van der Waals surface area contributed by atoms with Crippen molar-refractivity contribution in [1.29, 1.82) is 0 Å². The Hall–Kier alpha value is -0.480. The van der Waals surface area contributed by atoms with Gasteiger partial charge in [-0.25, -0.2) is 0 Å². The molecule has 5 heteroatoms. The lowest BCUT2D eigenvalue weighted by Gasteiger charge is -2.17. The van der Waals surface area contributed by atoms with Gasteiger partial charge in [0.05, 0.1) is 5.02 Å². The minimum atomic E-state index is -0.378. The van der Waals surface area contributed by atoms with E-state index in [1.807, 2.05) is 13.8 Å². The summed E-state index contributed by atoms with van der Waals surface area (Å²) in [6.45, 7) is 5.25. The summed E-state index contributed by atoms with van der Waals surface area (Å²) in [4.78, 5) is 0. The van der Waals surface area contributed by atoms with Crippen molar-refractivity contribution in [2.24, 2.45) is 0 Å². The van der Waals surface area contributed by atoms with Gasteiger partial charge in [-0.05, 0) is 32.0 Å². The predicted octanol–water partition coefficient (Wildman–Crippen LogP) is 3.77. The Kier molecular flexibility index (Phi) is 6.66. The third kappa shape index (κ3) is 5.13. The standard InChI is InChI=1S/C12H16Cl2O3/c1-3-15-12(16-4-2)8-17-11-6-5-9(13)7-10(11)14/h5-7,12H,3-4,8H2,1-2H3. The number of benzene rings is 1. The van der Waals surface area contributed by atoms with Crippen LogP contribution in [-0.2, 0) is 9.47 Å². The Morgan fingerprint density at radius 2 is 1.76 bits per heavy atom. The Morgan fingerprint density at radius 3 is 2.29 bits per heavy atom. The topological polar surface area (TPSA) is 27.7 Å². The lowest BCUT2D eigenvalue weighted by atomic mass is 10.3. The Labute approximate surface area is 112 Å². The molecule has 0 unspecified atom stereocenters. The second-order valence-corrected chi connectivity index (χ2v) is 4.07. The first-order chi connectivity index (χ1) is 8.17. The molecule has 0 aliphatic carbocycles. The first-order valence-corrected chi connectivity index (χ1v) is 6.24. The van der Waals surface area contributed by atoms with E-state index >= 15 is 0 Å². The number of hydrogen-bond acceptors (Lipinski definition) is 3. The molecule has 1 aromatic carbocycles. The van der Waals surface area contributed by atoms with Crippen LogP contribution >= 0.6 is 23.2 Å². The summed E-state index contributed by atoms with van der Waals surface area (Å²) in [5, 5.41) is 1.05. The zero-order valence-corrected chi connectivity index (χ0v) is 11.4. The summed E-state index contributed by atoms with van der Waals surface area (Å²) in [5.41, 5.74) is 0. The van der Waals surface area contributed by atoms with Gasteiger partial charge >= 0.3 is 0 Å². The van der Waals surface area contributed by atoms with Crippen molar-refractivity contribution in [1.82, 2.24) is 0 Å². The molecule has 0 aliphatic rings. The summed E-state index contributed by atoms with van der Waals surface area (Å²) < 4.78 is 16.2. The zero-order valence-electron chi connectivity index (χ0n) is 9.91. The number of ether oxygens (including phenoxy) is 3.